The summed E-state index contributed by atoms with van der Waals surface area (Å²) in [5.74, 6) is -2.23. The van der Waals surface area contributed by atoms with Crippen LogP contribution in [0.25, 0.3) is 0 Å². The third-order valence-corrected chi connectivity index (χ3v) is 6.49. The van der Waals surface area contributed by atoms with Gasteiger partial charge in [-0.05, 0) is 24.6 Å². The van der Waals surface area contributed by atoms with E-state index in [1.165, 1.54) is 7.11 Å². The van der Waals surface area contributed by atoms with Crippen LogP contribution in [0.5, 0.6) is 0 Å². The highest BCUT2D eigenvalue weighted by atomic mass is 35.5. The van der Waals surface area contributed by atoms with Crippen LogP contribution in [0, 0.1) is 5.92 Å². The molecule has 0 radical (unpaired) electrons. The van der Waals surface area contributed by atoms with Crippen molar-refractivity contribution in [3.05, 3.63) is 45.5 Å². The van der Waals surface area contributed by atoms with E-state index >= 15 is 0 Å². The van der Waals surface area contributed by atoms with Crippen LogP contribution in [0.1, 0.15) is 18.4 Å². The Labute approximate surface area is 151 Å². The molecule has 2 atom stereocenters. The molecule has 2 unspecified atom stereocenters. The standard InChI is InChI=1S/C17H18ClNO5S/c1-10-14(17(20)23-2)15(11-4-3-5-12(18)8-11)16-13(19-10)9-24-6-7-25(16,21)22/h3-5,8,14-15H,6-7,9H2,1-2H3. The van der Waals surface area contributed by atoms with E-state index in [4.69, 9.17) is 21.1 Å². The van der Waals surface area contributed by atoms with Crippen LogP contribution >= 0.6 is 11.6 Å². The number of benzene rings is 1. The predicted octanol–water partition coefficient (Wildman–Crippen LogP) is 2.34. The van der Waals surface area contributed by atoms with E-state index in [9.17, 15) is 13.2 Å². The molecule has 0 fully saturated rings. The third kappa shape index (κ3) is 3.36. The van der Waals surface area contributed by atoms with E-state index in [1.54, 1.807) is 31.2 Å². The van der Waals surface area contributed by atoms with E-state index < -0.39 is 27.6 Å². The van der Waals surface area contributed by atoms with E-state index in [1.807, 2.05) is 0 Å². The number of sulfone groups is 1. The van der Waals surface area contributed by atoms with Gasteiger partial charge in [0.15, 0.2) is 9.84 Å². The van der Waals surface area contributed by atoms with E-state index in [-0.39, 0.29) is 23.9 Å². The van der Waals surface area contributed by atoms with Crippen molar-refractivity contribution in [2.75, 3.05) is 26.1 Å². The van der Waals surface area contributed by atoms with Crippen LogP contribution in [-0.4, -0.2) is 46.2 Å². The molecule has 0 N–H and O–H groups in total. The minimum Gasteiger partial charge on any atom is -0.468 e. The largest absolute Gasteiger partial charge is 0.468 e. The minimum absolute atomic E-state index is 0.0923. The van der Waals surface area contributed by atoms with Crippen LogP contribution < -0.4 is 0 Å². The summed E-state index contributed by atoms with van der Waals surface area (Å²) in [6.45, 7) is 1.88. The molecule has 2 heterocycles. The highest BCUT2D eigenvalue weighted by Gasteiger charge is 2.45. The first-order chi connectivity index (χ1) is 11.8. The van der Waals surface area contributed by atoms with Gasteiger partial charge in [0.05, 0.1) is 36.7 Å². The molecule has 134 valence electrons. The van der Waals surface area contributed by atoms with Gasteiger partial charge in [0, 0.05) is 16.7 Å². The van der Waals surface area contributed by atoms with Crippen molar-refractivity contribution in [3.8, 4) is 0 Å². The molecule has 0 spiro atoms. The first-order valence-electron chi connectivity index (χ1n) is 7.77. The van der Waals surface area contributed by atoms with Gasteiger partial charge in [0.2, 0.25) is 0 Å². The number of rotatable bonds is 2. The number of nitrogens with zero attached hydrogens (tertiary/aromatic N) is 1. The molecule has 0 saturated carbocycles. The molecule has 0 saturated heterocycles. The van der Waals surface area contributed by atoms with Gasteiger partial charge in [-0.2, -0.15) is 0 Å². The zero-order valence-electron chi connectivity index (χ0n) is 13.9. The molecule has 0 aliphatic carbocycles. The van der Waals surface area contributed by atoms with Crippen molar-refractivity contribution in [3.63, 3.8) is 0 Å². The summed E-state index contributed by atoms with van der Waals surface area (Å²) in [7, 11) is -2.35. The number of hydrogen-bond acceptors (Lipinski definition) is 6. The van der Waals surface area contributed by atoms with Crippen LogP contribution in [-0.2, 0) is 24.1 Å². The molecule has 6 nitrogen and oxygen atoms in total. The number of ether oxygens (including phenoxy) is 2. The van der Waals surface area contributed by atoms with Gasteiger partial charge in [-0.25, -0.2) is 8.42 Å². The number of esters is 1. The second-order valence-electron chi connectivity index (χ2n) is 5.97. The SMILES string of the molecule is COC(=O)C1C(C)=NC2=C(C1c1cccc(Cl)c1)S(=O)(=O)CCOC2. The number of aliphatic imine (C=N–C) groups is 1. The molecule has 3 rings (SSSR count). The highest BCUT2D eigenvalue weighted by Crippen LogP contribution is 2.43. The Morgan fingerprint density at radius 1 is 1.40 bits per heavy atom. The number of halogens is 1. The minimum atomic E-state index is -3.63. The van der Waals surface area contributed by atoms with Gasteiger partial charge >= 0.3 is 5.97 Å². The molecular weight excluding hydrogens is 366 g/mol. The lowest BCUT2D eigenvalue weighted by Crippen LogP contribution is -2.36. The lowest BCUT2D eigenvalue weighted by atomic mass is 9.80. The molecular formula is C17H18ClNO5S. The molecule has 1 aromatic rings. The highest BCUT2D eigenvalue weighted by molar-refractivity contribution is 7.95. The van der Waals surface area contributed by atoms with Crippen LogP contribution in [0.2, 0.25) is 5.02 Å². The fourth-order valence-corrected chi connectivity index (χ4v) is 5.19. The van der Waals surface area contributed by atoms with E-state index in [2.05, 4.69) is 4.99 Å². The second kappa shape index (κ2) is 6.90. The maximum atomic E-state index is 12.9. The number of carbonyl (C=O) groups excluding carboxylic acids is 1. The van der Waals surface area contributed by atoms with Crippen LogP contribution in [0.15, 0.2) is 39.9 Å². The van der Waals surface area contributed by atoms with Gasteiger partial charge in [-0.15, -0.1) is 0 Å². The summed E-state index contributed by atoms with van der Waals surface area (Å²) in [5.41, 5.74) is 1.48. The Kier molecular flexibility index (Phi) is 4.99. The van der Waals surface area contributed by atoms with Crippen molar-refractivity contribution in [2.24, 2.45) is 10.9 Å². The second-order valence-corrected chi connectivity index (χ2v) is 8.48. The quantitative estimate of drug-likeness (QED) is 0.732. The average Bonchev–Trinajstić information content (AvgIpc) is 2.71. The third-order valence-electron chi connectivity index (χ3n) is 4.39. The Hall–Kier alpha value is -1.70. The van der Waals surface area contributed by atoms with Gasteiger partial charge < -0.3 is 9.47 Å². The molecule has 0 bridgehead atoms. The molecule has 1 aromatic carbocycles. The maximum absolute atomic E-state index is 12.9. The smallest absolute Gasteiger partial charge is 0.315 e. The van der Waals surface area contributed by atoms with Crippen molar-refractivity contribution in [2.45, 2.75) is 12.8 Å². The van der Waals surface area contributed by atoms with E-state index in [0.29, 0.717) is 22.0 Å². The average molecular weight is 384 g/mol. The Morgan fingerprint density at radius 3 is 2.84 bits per heavy atom. The molecule has 25 heavy (non-hydrogen) atoms. The summed E-state index contributed by atoms with van der Waals surface area (Å²) in [5, 5.41) is 0.464. The lowest BCUT2D eigenvalue weighted by molar-refractivity contribution is -0.143. The molecule has 0 amide bonds. The van der Waals surface area contributed by atoms with Crippen LogP contribution in [0.4, 0.5) is 0 Å². The Balaban J connectivity index is 2.27. The van der Waals surface area contributed by atoms with Crippen molar-refractivity contribution in [1.29, 1.82) is 0 Å². The number of carbonyl (C=O) groups is 1. The predicted molar refractivity (Wildman–Crippen MR) is 94.4 cm³/mol. The maximum Gasteiger partial charge on any atom is 0.315 e. The molecule has 2 aliphatic heterocycles. The number of allylic oxidation sites excluding steroid dienone is 1. The normalized spacial score (nSPS) is 25.6. The Morgan fingerprint density at radius 2 is 2.16 bits per heavy atom. The van der Waals surface area contributed by atoms with Crippen molar-refractivity contribution >= 4 is 33.1 Å². The summed E-state index contributed by atoms with van der Waals surface area (Å²) in [6.07, 6.45) is 0. The van der Waals surface area contributed by atoms with E-state index in [0.717, 1.165) is 0 Å². The number of methoxy groups -OCH3 is 1. The zero-order valence-corrected chi connectivity index (χ0v) is 15.4. The molecule has 8 heteroatoms. The van der Waals surface area contributed by atoms with Gasteiger partial charge in [-0.3, -0.25) is 9.79 Å². The first-order valence-corrected chi connectivity index (χ1v) is 9.80. The molecule has 2 aliphatic rings. The topological polar surface area (TPSA) is 82.0 Å². The number of hydrogen-bond donors (Lipinski definition) is 0. The van der Waals surface area contributed by atoms with Crippen molar-refractivity contribution in [1.82, 2.24) is 0 Å². The van der Waals surface area contributed by atoms with Gasteiger partial charge in [0.25, 0.3) is 0 Å². The summed E-state index contributed by atoms with van der Waals surface area (Å²) in [4.78, 5) is 16.9. The van der Waals surface area contributed by atoms with Gasteiger partial charge in [-0.1, -0.05) is 23.7 Å². The van der Waals surface area contributed by atoms with Crippen LogP contribution in [0.3, 0.4) is 0 Å². The summed E-state index contributed by atoms with van der Waals surface area (Å²) in [6, 6.07) is 6.86. The lowest BCUT2D eigenvalue weighted by Gasteiger charge is -2.31. The van der Waals surface area contributed by atoms with Crippen molar-refractivity contribution < 1.29 is 22.7 Å². The fraction of sp³-hybridized carbons (Fsp3) is 0.412. The van der Waals surface area contributed by atoms with Gasteiger partial charge in [0.1, 0.15) is 5.92 Å². The summed E-state index contributed by atoms with van der Waals surface area (Å²) >= 11 is 6.10. The fourth-order valence-electron chi connectivity index (χ4n) is 3.31. The first kappa shape index (κ1) is 18.1. The zero-order chi connectivity index (χ0) is 18.2. The Bertz CT molecular complexity index is 875. The monoisotopic (exact) mass is 383 g/mol. The summed E-state index contributed by atoms with van der Waals surface area (Å²) < 4.78 is 36.1. The molecule has 0 aromatic heterocycles.